The van der Waals surface area contributed by atoms with Crippen LogP contribution in [0.15, 0.2) is 29.3 Å². The zero-order valence-electron chi connectivity index (χ0n) is 9.07. The molecule has 0 unspecified atom stereocenters. The molecule has 1 aromatic carbocycles. The van der Waals surface area contributed by atoms with E-state index in [1.807, 2.05) is 0 Å². The number of rotatable bonds is 2. The van der Waals surface area contributed by atoms with Crippen LogP contribution in [0.25, 0.3) is 0 Å². The van der Waals surface area contributed by atoms with Crippen molar-refractivity contribution in [2.75, 3.05) is 12.3 Å². The minimum Gasteiger partial charge on any atom is -0.334 e. The van der Waals surface area contributed by atoms with Gasteiger partial charge in [0.25, 0.3) is 0 Å². The summed E-state index contributed by atoms with van der Waals surface area (Å²) in [4.78, 5) is 15.5. The highest BCUT2D eigenvalue weighted by Gasteiger charge is 2.10. The van der Waals surface area contributed by atoms with E-state index in [9.17, 15) is 9.18 Å². The SMILES string of the molecule is O=C(NCc1cccc(F)c1)NC1=NCCS1. The minimum absolute atomic E-state index is 0.293. The molecular weight excluding hydrogens is 241 g/mol. The first-order valence-electron chi connectivity index (χ1n) is 5.20. The summed E-state index contributed by atoms with van der Waals surface area (Å²) in [5.41, 5.74) is 0.723. The molecule has 2 rings (SSSR count). The Bertz CT molecular complexity index is 450. The van der Waals surface area contributed by atoms with E-state index in [1.54, 1.807) is 12.1 Å². The number of halogens is 1. The Labute approximate surface area is 103 Å². The summed E-state index contributed by atoms with van der Waals surface area (Å²) in [7, 11) is 0. The molecule has 1 aliphatic heterocycles. The van der Waals surface area contributed by atoms with Crippen LogP contribution in [0.2, 0.25) is 0 Å². The molecule has 17 heavy (non-hydrogen) atoms. The number of carbonyl (C=O) groups excluding carboxylic acids is 1. The van der Waals surface area contributed by atoms with Gasteiger partial charge in [-0.2, -0.15) is 0 Å². The van der Waals surface area contributed by atoms with E-state index in [0.717, 1.165) is 17.9 Å². The van der Waals surface area contributed by atoms with Crippen LogP contribution in [0.3, 0.4) is 0 Å². The molecule has 1 heterocycles. The number of urea groups is 1. The molecule has 0 radical (unpaired) electrons. The fourth-order valence-electron chi connectivity index (χ4n) is 1.38. The number of nitrogens with one attached hydrogen (secondary N) is 2. The molecule has 0 aromatic heterocycles. The Morgan fingerprint density at radius 2 is 2.41 bits per heavy atom. The molecule has 1 aliphatic rings. The quantitative estimate of drug-likeness (QED) is 0.843. The second-order valence-corrected chi connectivity index (χ2v) is 4.56. The van der Waals surface area contributed by atoms with Crippen molar-refractivity contribution in [1.29, 1.82) is 0 Å². The first-order chi connectivity index (χ1) is 8.24. The van der Waals surface area contributed by atoms with Gasteiger partial charge in [-0.15, -0.1) is 0 Å². The van der Waals surface area contributed by atoms with Crippen molar-refractivity contribution in [2.45, 2.75) is 6.54 Å². The molecule has 4 nitrogen and oxygen atoms in total. The van der Waals surface area contributed by atoms with Crippen LogP contribution >= 0.6 is 11.8 Å². The maximum Gasteiger partial charge on any atom is 0.321 e. The largest absolute Gasteiger partial charge is 0.334 e. The molecule has 0 atom stereocenters. The van der Waals surface area contributed by atoms with Crippen LogP contribution in [-0.2, 0) is 6.54 Å². The summed E-state index contributed by atoms with van der Waals surface area (Å²) in [6, 6.07) is 5.81. The lowest BCUT2D eigenvalue weighted by Gasteiger charge is -2.06. The van der Waals surface area contributed by atoms with Crippen molar-refractivity contribution in [3.63, 3.8) is 0 Å². The van der Waals surface area contributed by atoms with Crippen LogP contribution in [0.1, 0.15) is 5.56 Å². The average Bonchev–Trinajstić information content (AvgIpc) is 2.79. The fraction of sp³-hybridized carbons (Fsp3) is 0.273. The van der Waals surface area contributed by atoms with Gasteiger partial charge in [0, 0.05) is 12.3 Å². The van der Waals surface area contributed by atoms with E-state index < -0.39 is 0 Å². The molecule has 0 saturated carbocycles. The third-order valence-electron chi connectivity index (χ3n) is 2.15. The topological polar surface area (TPSA) is 53.5 Å². The number of benzene rings is 1. The Morgan fingerprint density at radius 3 is 3.12 bits per heavy atom. The number of amides is 2. The molecule has 1 aromatic rings. The lowest BCUT2D eigenvalue weighted by atomic mass is 10.2. The van der Waals surface area contributed by atoms with Crippen molar-refractivity contribution < 1.29 is 9.18 Å². The Hall–Kier alpha value is -1.56. The lowest BCUT2D eigenvalue weighted by molar-refractivity contribution is 0.245. The van der Waals surface area contributed by atoms with E-state index >= 15 is 0 Å². The van der Waals surface area contributed by atoms with Crippen LogP contribution in [0.4, 0.5) is 9.18 Å². The molecule has 0 saturated heterocycles. The van der Waals surface area contributed by atoms with E-state index in [4.69, 9.17) is 0 Å². The third kappa shape index (κ3) is 3.74. The molecule has 0 spiro atoms. The van der Waals surface area contributed by atoms with Crippen LogP contribution in [-0.4, -0.2) is 23.5 Å². The fourth-order valence-corrected chi connectivity index (χ4v) is 2.10. The monoisotopic (exact) mass is 253 g/mol. The van der Waals surface area contributed by atoms with Gasteiger partial charge in [0.2, 0.25) is 0 Å². The van der Waals surface area contributed by atoms with Crippen molar-refractivity contribution in [2.24, 2.45) is 4.99 Å². The molecular formula is C11H12FN3OS. The second kappa shape index (κ2) is 5.67. The number of thioether (sulfide) groups is 1. The van der Waals surface area contributed by atoms with E-state index in [1.165, 1.54) is 23.9 Å². The van der Waals surface area contributed by atoms with Crippen LogP contribution in [0.5, 0.6) is 0 Å². The lowest BCUT2D eigenvalue weighted by Crippen LogP contribution is -2.37. The normalized spacial score (nSPS) is 14.3. The highest BCUT2D eigenvalue weighted by molar-refractivity contribution is 8.14. The van der Waals surface area contributed by atoms with Gasteiger partial charge in [0.05, 0.1) is 6.54 Å². The maximum absolute atomic E-state index is 12.9. The van der Waals surface area contributed by atoms with Gasteiger partial charge in [0.1, 0.15) is 5.82 Å². The highest BCUT2D eigenvalue weighted by Crippen LogP contribution is 2.08. The predicted octanol–water partition coefficient (Wildman–Crippen LogP) is 1.73. The van der Waals surface area contributed by atoms with Gasteiger partial charge < -0.3 is 5.32 Å². The zero-order chi connectivity index (χ0) is 12.1. The van der Waals surface area contributed by atoms with E-state index in [-0.39, 0.29) is 11.8 Å². The summed E-state index contributed by atoms with van der Waals surface area (Å²) >= 11 is 1.51. The summed E-state index contributed by atoms with van der Waals surface area (Å²) in [6.45, 7) is 1.03. The number of aliphatic imine (C=N–C) groups is 1. The first-order valence-corrected chi connectivity index (χ1v) is 6.19. The number of amidine groups is 1. The van der Waals surface area contributed by atoms with E-state index in [2.05, 4.69) is 15.6 Å². The predicted molar refractivity (Wildman–Crippen MR) is 66.5 cm³/mol. The van der Waals surface area contributed by atoms with Gasteiger partial charge in [0.15, 0.2) is 5.17 Å². The van der Waals surface area contributed by atoms with E-state index in [0.29, 0.717) is 11.7 Å². The van der Waals surface area contributed by atoms with Gasteiger partial charge in [-0.05, 0) is 17.7 Å². The highest BCUT2D eigenvalue weighted by atomic mass is 32.2. The second-order valence-electron chi connectivity index (χ2n) is 3.47. The number of hydrogen-bond acceptors (Lipinski definition) is 3. The Kier molecular flexibility index (Phi) is 3.98. The molecule has 2 N–H and O–H groups in total. The van der Waals surface area contributed by atoms with Crippen LogP contribution in [0, 0.1) is 5.82 Å². The molecule has 0 bridgehead atoms. The minimum atomic E-state index is -0.317. The smallest absolute Gasteiger partial charge is 0.321 e. The molecule has 0 fully saturated rings. The van der Waals surface area contributed by atoms with Gasteiger partial charge in [-0.25, -0.2) is 9.18 Å². The van der Waals surface area contributed by atoms with Crippen LogP contribution < -0.4 is 10.6 Å². The Morgan fingerprint density at radius 1 is 1.53 bits per heavy atom. The summed E-state index contributed by atoms with van der Waals surface area (Å²) in [5.74, 6) is 0.597. The van der Waals surface area contributed by atoms with Gasteiger partial charge in [-0.1, -0.05) is 23.9 Å². The first kappa shape index (κ1) is 11.9. The summed E-state index contributed by atoms with van der Waals surface area (Å²) in [6.07, 6.45) is 0. The molecule has 0 aliphatic carbocycles. The third-order valence-corrected chi connectivity index (χ3v) is 3.04. The number of nitrogens with zero attached hydrogens (tertiary/aromatic N) is 1. The molecule has 2 amide bonds. The van der Waals surface area contributed by atoms with Crippen molar-refractivity contribution in [3.8, 4) is 0 Å². The molecule has 90 valence electrons. The number of carbonyl (C=O) groups is 1. The van der Waals surface area contributed by atoms with Crippen molar-refractivity contribution >= 4 is 23.0 Å². The zero-order valence-corrected chi connectivity index (χ0v) is 9.89. The average molecular weight is 253 g/mol. The van der Waals surface area contributed by atoms with Crippen molar-refractivity contribution in [3.05, 3.63) is 35.6 Å². The van der Waals surface area contributed by atoms with Crippen molar-refractivity contribution in [1.82, 2.24) is 10.6 Å². The summed E-state index contributed by atoms with van der Waals surface area (Å²) < 4.78 is 12.9. The number of hydrogen-bond donors (Lipinski definition) is 2. The van der Waals surface area contributed by atoms with Gasteiger partial charge >= 0.3 is 6.03 Å². The standard InChI is InChI=1S/C11H12FN3OS/c12-9-3-1-2-8(6-9)7-14-10(16)15-11-13-4-5-17-11/h1-3,6H,4-5,7H2,(H2,13,14,15,16). The maximum atomic E-state index is 12.9. The van der Waals surface area contributed by atoms with Gasteiger partial charge in [-0.3, -0.25) is 10.3 Å². The molecule has 6 heteroatoms. The Balaban J connectivity index is 1.79. The summed E-state index contributed by atoms with van der Waals surface area (Å²) in [5, 5.41) is 5.92.